The molecule has 36 heavy (non-hydrogen) atoms. The largest absolute Gasteiger partial charge is 0.249 e. The Morgan fingerprint density at radius 3 is 1.17 bits per heavy atom. The number of benzene rings is 4. The number of nitriles is 2. The first-order chi connectivity index (χ1) is 17.6. The Balaban J connectivity index is 1.61. The average molecular weight is 471 g/mol. The lowest BCUT2D eigenvalue weighted by molar-refractivity contribution is 0.587. The Labute approximate surface area is 205 Å². The van der Waals surface area contributed by atoms with Gasteiger partial charge in [-0.3, -0.25) is 0 Å². The summed E-state index contributed by atoms with van der Waals surface area (Å²) in [7, 11) is 3.54. The van der Waals surface area contributed by atoms with Gasteiger partial charge in [0, 0.05) is 24.9 Å². The van der Waals surface area contributed by atoms with Crippen molar-refractivity contribution >= 4 is 44.2 Å². The molecule has 0 amide bonds. The van der Waals surface area contributed by atoms with Crippen molar-refractivity contribution in [2.75, 3.05) is 24.1 Å². The minimum absolute atomic E-state index is 0.207. The molecular formula is C26H18N10. The van der Waals surface area contributed by atoms with Crippen molar-refractivity contribution in [3.05, 3.63) is 83.9 Å². The van der Waals surface area contributed by atoms with Crippen LogP contribution in [-0.2, 0) is 0 Å². The maximum absolute atomic E-state index is 10.3. The third-order valence-electron chi connectivity index (χ3n) is 6.12. The average Bonchev–Trinajstić information content (AvgIpc) is 3.55. The van der Waals surface area contributed by atoms with Crippen LogP contribution < -0.4 is 10.0 Å². The zero-order valence-electron chi connectivity index (χ0n) is 19.4. The predicted octanol–water partition coefficient (Wildman–Crippen LogP) is 3.87. The predicted molar refractivity (Wildman–Crippen MR) is 136 cm³/mol. The van der Waals surface area contributed by atoms with E-state index in [0.717, 1.165) is 32.8 Å². The summed E-state index contributed by atoms with van der Waals surface area (Å²) < 4.78 is 0. The van der Waals surface area contributed by atoms with Crippen LogP contribution in [0.1, 0.15) is 11.1 Å². The molecule has 0 spiro atoms. The van der Waals surface area contributed by atoms with E-state index in [1.807, 2.05) is 72.8 Å². The fourth-order valence-electron chi connectivity index (χ4n) is 4.44. The molecule has 0 saturated heterocycles. The lowest BCUT2D eigenvalue weighted by Crippen LogP contribution is -2.31. The van der Waals surface area contributed by atoms with Gasteiger partial charge in [0.1, 0.15) is 34.2 Å². The van der Waals surface area contributed by atoms with Crippen molar-refractivity contribution in [1.82, 2.24) is 30.2 Å². The van der Waals surface area contributed by atoms with Crippen LogP contribution in [0.4, 0.5) is 11.4 Å². The normalized spacial score (nSPS) is 11.0. The van der Waals surface area contributed by atoms with Crippen molar-refractivity contribution in [3.8, 4) is 12.1 Å². The topological polar surface area (TPSA) is 115 Å². The molecule has 172 valence electrons. The van der Waals surface area contributed by atoms with Crippen molar-refractivity contribution in [2.45, 2.75) is 0 Å². The lowest BCUT2D eigenvalue weighted by Gasteiger charge is -2.26. The molecule has 0 radical (unpaired) electrons. The highest BCUT2D eigenvalue weighted by atomic mass is 15.8. The van der Waals surface area contributed by atoms with Gasteiger partial charge in [0.25, 0.3) is 0 Å². The number of hydrogen-bond donors (Lipinski definition) is 0. The molecule has 0 unspecified atom stereocenters. The number of hydrogen-bond acceptors (Lipinski definition) is 8. The van der Waals surface area contributed by atoms with Crippen LogP contribution in [-0.4, -0.2) is 44.3 Å². The standard InChI is InChI=1S/C26H18N10/c1-33(35-29-21-11-5-6-12-22(21)30-35)25-17-9-3-4-10-18(17)26(20(16-28)19(25)15-27)34(2)36-31-23-13-7-8-14-24(23)32-36/h3-14H,1-2H3. The summed E-state index contributed by atoms with van der Waals surface area (Å²) in [6, 6.07) is 27.2. The van der Waals surface area contributed by atoms with E-state index in [1.54, 1.807) is 24.1 Å². The van der Waals surface area contributed by atoms with Crippen LogP contribution >= 0.6 is 0 Å². The van der Waals surface area contributed by atoms with Crippen LogP contribution in [0.25, 0.3) is 32.8 Å². The number of anilines is 2. The molecule has 0 saturated carbocycles. The van der Waals surface area contributed by atoms with Gasteiger partial charge in [-0.15, -0.1) is 20.4 Å². The van der Waals surface area contributed by atoms with Gasteiger partial charge in [0.2, 0.25) is 0 Å². The Morgan fingerprint density at radius 1 is 0.556 bits per heavy atom. The first-order valence-electron chi connectivity index (χ1n) is 11.1. The fraction of sp³-hybridized carbons (Fsp3) is 0.0769. The van der Waals surface area contributed by atoms with Crippen LogP contribution in [0, 0.1) is 22.7 Å². The molecule has 0 bridgehead atoms. The number of rotatable bonds is 4. The SMILES string of the molecule is CN(c1c(C#N)c(C#N)c(N(C)n2nc3ccccc3n2)c2ccccc12)n1nc2ccccc2n1. The van der Waals surface area contributed by atoms with E-state index >= 15 is 0 Å². The molecule has 10 nitrogen and oxygen atoms in total. The molecule has 0 aliphatic rings. The molecule has 2 aromatic heterocycles. The van der Waals surface area contributed by atoms with Gasteiger partial charge >= 0.3 is 0 Å². The maximum Gasteiger partial charge on any atom is 0.115 e. The molecule has 6 rings (SSSR count). The lowest BCUT2D eigenvalue weighted by atomic mass is 9.96. The first-order valence-corrected chi connectivity index (χ1v) is 11.1. The number of aromatic nitrogens is 6. The van der Waals surface area contributed by atoms with Gasteiger partial charge in [0.05, 0.1) is 22.5 Å². The second-order valence-electron chi connectivity index (χ2n) is 8.18. The molecule has 6 aromatic rings. The molecule has 2 heterocycles. The van der Waals surface area contributed by atoms with Crippen molar-refractivity contribution < 1.29 is 0 Å². The van der Waals surface area contributed by atoms with E-state index in [1.165, 1.54) is 9.81 Å². The molecule has 0 N–H and O–H groups in total. The molecule has 4 aromatic carbocycles. The highest BCUT2D eigenvalue weighted by Crippen LogP contribution is 2.40. The second-order valence-corrected chi connectivity index (χ2v) is 8.18. The van der Waals surface area contributed by atoms with Gasteiger partial charge in [-0.1, -0.05) is 58.3 Å². The molecule has 10 heteroatoms. The Kier molecular flexibility index (Phi) is 4.73. The summed E-state index contributed by atoms with van der Waals surface area (Å²) in [5, 5.41) is 43.7. The monoisotopic (exact) mass is 470 g/mol. The van der Waals surface area contributed by atoms with Crippen LogP contribution in [0.2, 0.25) is 0 Å². The molecular weight excluding hydrogens is 452 g/mol. The van der Waals surface area contributed by atoms with E-state index in [0.29, 0.717) is 11.4 Å². The summed E-state index contributed by atoms with van der Waals surface area (Å²) in [5.41, 5.74) is 4.36. The summed E-state index contributed by atoms with van der Waals surface area (Å²) in [4.78, 5) is 2.89. The quantitative estimate of drug-likeness (QED) is 0.381. The second kappa shape index (κ2) is 8.08. The van der Waals surface area contributed by atoms with Gasteiger partial charge in [0.15, 0.2) is 0 Å². The fourth-order valence-corrected chi connectivity index (χ4v) is 4.44. The van der Waals surface area contributed by atoms with E-state index in [9.17, 15) is 10.5 Å². The Morgan fingerprint density at radius 2 is 0.861 bits per heavy atom. The Bertz CT molecular complexity index is 1670. The highest BCUT2D eigenvalue weighted by molar-refractivity contribution is 6.07. The first kappa shape index (κ1) is 21.1. The third-order valence-corrected chi connectivity index (χ3v) is 6.12. The van der Waals surface area contributed by atoms with E-state index in [-0.39, 0.29) is 11.1 Å². The van der Waals surface area contributed by atoms with Crippen LogP contribution in [0.3, 0.4) is 0 Å². The molecule has 0 fully saturated rings. The molecule has 0 aliphatic heterocycles. The van der Waals surface area contributed by atoms with Gasteiger partial charge < -0.3 is 0 Å². The summed E-state index contributed by atoms with van der Waals surface area (Å²) in [6.45, 7) is 0. The van der Waals surface area contributed by atoms with Crippen LogP contribution in [0.15, 0.2) is 72.8 Å². The summed E-state index contributed by atoms with van der Waals surface area (Å²) in [5.74, 6) is 0. The van der Waals surface area contributed by atoms with Crippen molar-refractivity contribution in [3.63, 3.8) is 0 Å². The van der Waals surface area contributed by atoms with Gasteiger partial charge in [-0.2, -0.15) is 10.5 Å². The maximum atomic E-state index is 10.3. The summed E-state index contributed by atoms with van der Waals surface area (Å²) >= 11 is 0. The zero-order valence-corrected chi connectivity index (χ0v) is 19.4. The van der Waals surface area contributed by atoms with E-state index in [4.69, 9.17) is 0 Å². The number of fused-ring (bicyclic) bond motifs is 3. The van der Waals surface area contributed by atoms with Crippen molar-refractivity contribution in [2.24, 2.45) is 0 Å². The minimum Gasteiger partial charge on any atom is -0.249 e. The smallest absolute Gasteiger partial charge is 0.115 e. The van der Waals surface area contributed by atoms with E-state index in [2.05, 4.69) is 32.5 Å². The minimum atomic E-state index is 0.207. The van der Waals surface area contributed by atoms with Crippen LogP contribution in [0.5, 0.6) is 0 Å². The Hall–Kier alpha value is -5.48. The van der Waals surface area contributed by atoms with E-state index < -0.39 is 0 Å². The highest BCUT2D eigenvalue weighted by Gasteiger charge is 2.26. The third kappa shape index (κ3) is 3.10. The van der Waals surface area contributed by atoms with Crippen molar-refractivity contribution in [1.29, 1.82) is 10.5 Å². The van der Waals surface area contributed by atoms with Gasteiger partial charge in [-0.25, -0.2) is 10.0 Å². The zero-order chi connectivity index (χ0) is 24.8. The molecule has 0 atom stereocenters. The summed E-state index contributed by atoms with van der Waals surface area (Å²) in [6.07, 6.45) is 0. The molecule has 0 aliphatic carbocycles. The van der Waals surface area contributed by atoms with Gasteiger partial charge in [-0.05, 0) is 24.3 Å². The number of nitrogens with zero attached hydrogens (tertiary/aromatic N) is 10.